The molecule has 1 amide bonds. The number of carbonyl (C=O) groups is 1. The van der Waals surface area contributed by atoms with Gasteiger partial charge in [-0.05, 0) is 61.8 Å². The Morgan fingerprint density at radius 2 is 1.91 bits per heavy atom. The average Bonchev–Trinajstić information content (AvgIpc) is 2.43. The molecular weight excluding hydrogens is 357 g/mol. The number of amides is 1. The van der Waals surface area contributed by atoms with Crippen molar-refractivity contribution in [3.05, 3.63) is 35.6 Å². The Morgan fingerprint density at radius 1 is 1.22 bits per heavy atom. The molecule has 1 N–H and O–H groups in total. The lowest BCUT2D eigenvalue weighted by molar-refractivity contribution is -0.128. The SMILES string of the molecule is O=C(CC12CC3CC(CC(Br)(C3)C1)C2)NCc1ccccc1F. The van der Waals surface area contributed by atoms with E-state index >= 15 is 0 Å². The fourth-order valence-corrected chi connectivity index (χ4v) is 7.29. The van der Waals surface area contributed by atoms with Gasteiger partial charge in [0.1, 0.15) is 5.82 Å². The van der Waals surface area contributed by atoms with Crippen molar-refractivity contribution in [2.45, 2.75) is 55.8 Å². The molecule has 4 fully saturated rings. The minimum atomic E-state index is -0.248. The summed E-state index contributed by atoms with van der Waals surface area (Å²) in [6.07, 6.45) is 8.03. The Labute approximate surface area is 145 Å². The summed E-state index contributed by atoms with van der Waals surface area (Å²) in [5.41, 5.74) is 0.732. The second kappa shape index (κ2) is 5.58. The van der Waals surface area contributed by atoms with E-state index in [0.717, 1.165) is 18.3 Å². The maximum atomic E-state index is 13.7. The van der Waals surface area contributed by atoms with Crippen molar-refractivity contribution in [1.82, 2.24) is 5.32 Å². The first-order valence-corrected chi connectivity index (χ1v) is 9.44. The second-order valence-electron chi connectivity index (χ2n) is 8.16. The molecular formula is C19H23BrFNO. The monoisotopic (exact) mass is 379 g/mol. The summed E-state index contributed by atoms with van der Waals surface area (Å²) in [7, 11) is 0. The Bertz CT molecular complexity index is 618. The summed E-state index contributed by atoms with van der Waals surface area (Å²) in [6.45, 7) is 0.286. The number of nitrogens with one attached hydrogen (secondary N) is 1. The molecule has 0 aromatic heterocycles. The number of carbonyl (C=O) groups excluding carboxylic acids is 1. The molecule has 0 saturated heterocycles. The molecule has 1 aromatic carbocycles. The van der Waals surface area contributed by atoms with Gasteiger partial charge >= 0.3 is 0 Å². The lowest BCUT2D eigenvalue weighted by Gasteiger charge is -2.60. The highest BCUT2D eigenvalue weighted by molar-refractivity contribution is 9.10. The quantitative estimate of drug-likeness (QED) is 0.762. The van der Waals surface area contributed by atoms with Crippen LogP contribution in [-0.4, -0.2) is 10.2 Å². The largest absolute Gasteiger partial charge is 0.352 e. The molecule has 4 aliphatic rings. The summed E-state index contributed by atoms with van der Waals surface area (Å²) in [6, 6.07) is 6.65. The van der Waals surface area contributed by atoms with Crippen molar-refractivity contribution in [1.29, 1.82) is 0 Å². The minimum absolute atomic E-state index is 0.0753. The topological polar surface area (TPSA) is 29.1 Å². The first-order chi connectivity index (χ1) is 11.0. The number of hydrogen-bond donors (Lipinski definition) is 1. The van der Waals surface area contributed by atoms with Gasteiger partial charge in [0, 0.05) is 22.9 Å². The normalized spacial score (nSPS) is 37.8. The lowest BCUT2D eigenvalue weighted by atomic mass is 9.48. The number of benzene rings is 1. The molecule has 4 saturated carbocycles. The van der Waals surface area contributed by atoms with Crippen LogP contribution >= 0.6 is 15.9 Å². The molecule has 23 heavy (non-hydrogen) atoms. The Balaban J connectivity index is 1.40. The van der Waals surface area contributed by atoms with Crippen LogP contribution < -0.4 is 5.32 Å². The zero-order valence-corrected chi connectivity index (χ0v) is 14.9. The first kappa shape index (κ1) is 15.6. The molecule has 0 heterocycles. The van der Waals surface area contributed by atoms with Crippen molar-refractivity contribution in [2.75, 3.05) is 0 Å². The fraction of sp³-hybridized carbons (Fsp3) is 0.632. The molecule has 2 nitrogen and oxygen atoms in total. The molecule has 2 atom stereocenters. The smallest absolute Gasteiger partial charge is 0.220 e. The Hall–Kier alpha value is -0.900. The van der Waals surface area contributed by atoms with E-state index in [1.807, 2.05) is 0 Å². The summed E-state index contributed by atoms with van der Waals surface area (Å²) >= 11 is 3.99. The Morgan fingerprint density at radius 3 is 2.57 bits per heavy atom. The van der Waals surface area contributed by atoms with Gasteiger partial charge in [-0.2, -0.15) is 0 Å². The van der Waals surface area contributed by atoms with Gasteiger partial charge in [-0.15, -0.1) is 0 Å². The summed E-state index contributed by atoms with van der Waals surface area (Å²) < 4.78 is 13.9. The molecule has 4 heteroatoms. The summed E-state index contributed by atoms with van der Waals surface area (Å²) in [5, 5.41) is 2.93. The number of halogens is 2. The molecule has 0 spiro atoms. The lowest BCUT2D eigenvalue weighted by Crippen LogP contribution is -2.54. The van der Waals surface area contributed by atoms with E-state index < -0.39 is 0 Å². The van der Waals surface area contributed by atoms with Crippen LogP contribution in [0.1, 0.15) is 50.5 Å². The molecule has 0 radical (unpaired) electrons. The third-order valence-corrected chi connectivity index (χ3v) is 7.01. The molecule has 1 aromatic rings. The van der Waals surface area contributed by atoms with Crippen LogP contribution in [0.4, 0.5) is 4.39 Å². The molecule has 4 bridgehead atoms. The van der Waals surface area contributed by atoms with E-state index in [9.17, 15) is 9.18 Å². The van der Waals surface area contributed by atoms with Crippen LogP contribution in [0, 0.1) is 23.1 Å². The molecule has 4 aliphatic carbocycles. The van der Waals surface area contributed by atoms with Crippen molar-refractivity contribution in [3.8, 4) is 0 Å². The fourth-order valence-electron chi connectivity index (χ4n) is 5.78. The van der Waals surface area contributed by atoms with Crippen molar-refractivity contribution in [2.24, 2.45) is 17.3 Å². The van der Waals surface area contributed by atoms with Gasteiger partial charge in [-0.3, -0.25) is 4.79 Å². The van der Waals surface area contributed by atoms with Gasteiger partial charge in [0.2, 0.25) is 5.91 Å². The summed E-state index contributed by atoms with van der Waals surface area (Å²) in [4.78, 5) is 12.5. The Kier molecular flexibility index (Phi) is 3.79. The highest BCUT2D eigenvalue weighted by atomic mass is 79.9. The standard InChI is InChI=1S/C19H23BrFNO/c20-19-8-13-5-14(9-19)7-18(6-13,12-19)10-17(23)22-11-15-3-1-2-4-16(15)21/h1-4,13-14H,5-12H2,(H,22,23). The first-order valence-electron chi connectivity index (χ1n) is 8.64. The van der Waals surface area contributed by atoms with E-state index in [-0.39, 0.29) is 28.0 Å². The van der Waals surface area contributed by atoms with Gasteiger partial charge in [0.05, 0.1) is 0 Å². The second-order valence-corrected chi connectivity index (χ2v) is 9.84. The predicted octanol–water partition coefficient (Wildman–Crippen LogP) is 4.57. The third-order valence-electron chi connectivity index (χ3n) is 6.08. The summed E-state index contributed by atoms with van der Waals surface area (Å²) in [5.74, 6) is 1.40. The molecule has 124 valence electrons. The predicted molar refractivity (Wildman–Crippen MR) is 91.6 cm³/mol. The van der Waals surface area contributed by atoms with E-state index in [1.54, 1.807) is 18.2 Å². The van der Waals surface area contributed by atoms with Gasteiger partial charge in [-0.1, -0.05) is 34.1 Å². The molecule has 0 aliphatic heterocycles. The molecule has 2 unspecified atom stereocenters. The maximum Gasteiger partial charge on any atom is 0.220 e. The van der Waals surface area contributed by atoms with Crippen LogP contribution in [0.25, 0.3) is 0 Å². The minimum Gasteiger partial charge on any atom is -0.352 e. The zero-order chi connectivity index (χ0) is 16.1. The van der Waals surface area contributed by atoms with E-state index in [0.29, 0.717) is 12.0 Å². The van der Waals surface area contributed by atoms with E-state index in [1.165, 1.54) is 38.2 Å². The zero-order valence-electron chi connectivity index (χ0n) is 13.3. The average molecular weight is 380 g/mol. The molecule has 5 rings (SSSR count). The van der Waals surface area contributed by atoms with Crippen molar-refractivity contribution in [3.63, 3.8) is 0 Å². The van der Waals surface area contributed by atoms with Gasteiger partial charge in [-0.25, -0.2) is 4.39 Å². The van der Waals surface area contributed by atoms with E-state index in [2.05, 4.69) is 21.2 Å². The van der Waals surface area contributed by atoms with Gasteiger partial charge < -0.3 is 5.32 Å². The highest BCUT2D eigenvalue weighted by Gasteiger charge is 2.57. The van der Waals surface area contributed by atoms with Crippen molar-refractivity contribution >= 4 is 21.8 Å². The van der Waals surface area contributed by atoms with E-state index in [4.69, 9.17) is 0 Å². The number of hydrogen-bond acceptors (Lipinski definition) is 1. The third kappa shape index (κ3) is 3.07. The van der Waals surface area contributed by atoms with Crippen LogP contribution in [0.2, 0.25) is 0 Å². The van der Waals surface area contributed by atoms with Crippen LogP contribution in [0.5, 0.6) is 0 Å². The highest BCUT2D eigenvalue weighted by Crippen LogP contribution is 2.65. The maximum absolute atomic E-state index is 13.7. The van der Waals surface area contributed by atoms with Crippen molar-refractivity contribution < 1.29 is 9.18 Å². The van der Waals surface area contributed by atoms with Gasteiger partial charge in [0.25, 0.3) is 0 Å². The number of alkyl halides is 1. The van der Waals surface area contributed by atoms with Crippen LogP contribution in [0.3, 0.4) is 0 Å². The van der Waals surface area contributed by atoms with Gasteiger partial charge in [0.15, 0.2) is 0 Å². The number of rotatable bonds is 4. The van der Waals surface area contributed by atoms with Crippen LogP contribution in [-0.2, 0) is 11.3 Å². The van der Waals surface area contributed by atoms with Crippen LogP contribution in [0.15, 0.2) is 24.3 Å².